The van der Waals surface area contributed by atoms with E-state index in [-0.39, 0.29) is 0 Å². The van der Waals surface area contributed by atoms with Gasteiger partial charge in [0.25, 0.3) is 0 Å². The highest BCUT2D eigenvalue weighted by Crippen LogP contribution is 2.03. The summed E-state index contributed by atoms with van der Waals surface area (Å²) in [5.41, 5.74) is 0. The molecule has 0 radical (unpaired) electrons. The van der Waals surface area contributed by atoms with Crippen LogP contribution in [0.5, 0.6) is 0 Å². The first-order chi connectivity index (χ1) is 6.41. The summed E-state index contributed by atoms with van der Waals surface area (Å²) in [5.74, 6) is 1.00. The lowest BCUT2D eigenvalue weighted by molar-refractivity contribution is 0.571. The van der Waals surface area contributed by atoms with Crippen molar-refractivity contribution in [1.29, 1.82) is 0 Å². The highest BCUT2D eigenvalue weighted by Gasteiger charge is 1.89. The molecule has 1 N–H and O–H groups in total. The summed E-state index contributed by atoms with van der Waals surface area (Å²) in [7, 11) is 0. The molecule has 0 fully saturated rings. The largest absolute Gasteiger partial charge is 0.317 e. The molecule has 2 heteroatoms. The van der Waals surface area contributed by atoms with Crippen LogP contribution in [0.2, 0.25) is 0 Å². The monoisotopic (exact) mass is 203 g/mol. The molecule has 0 spiro atoms. The van der Waals surface area contributed by atoms with Crippen molar-refractivity contribution in [3.8, 4) is 0 Å². The Morgan fingerprint density at radius 1 is 0.846 bits per heavy atom. The second kappa shape index (κ2) is 12.3. The highest BCUT2D eigenvalue weighted by atomic mass is 32.1. The predicted octanol–water partition coefficient (Wildman–Crippen LogP) is 3.26. The van der Waals surface area contributed by atoms with Crippen molar-refractivity contribution in [2.24, 2.45) is 0 Å². The Balaban J connectivity index is 2.76. The first kappa shape index (κ1) is 13.3. The fourth-order valence-corrected chi connectivity index (χ4v) is 1.52. The maximum Gasteiger partial charge on any atom is -0.00411 e. The summed E-state index contributed by atoms with van der Waals surface area (Å²) >= 11 is 4.16. The van der Waals surface area contributed by atoms with Gasteiger partial charge in [-0.1, -0.05) is 39.0 Å². The van der Waals surface area contributed by atoms with Gasteiger partial charge in [0.15, 0.2) is 0 Å². The minimum absolute atomic E-state index is 1.00. The molecule has 0 aliphatic heterocycles. The van der Waals surface area contributed by atoms with Gasteiger partial charge in [0.2, 0.25) is 0 Å². The maximum atomic E-state index is 4.16. The molecule has 0 saturated heterocycles. The number of rotatable bonds is 10. The summed E-state index contributed by atoms with van der Waals surface area (Å²) < 4.78 is 0. The molecule has 0 atom stereocenters. The Morgan fingerprint density at radius 3 is 2.15 bits per heavy atom. The molecule has 13 heavy (non-hydrogen) atoms. The Morgan fingerprint density at radius 2 is 1.46 bits per heavy atom. The zero-order valence-electron chi connectivity index (χ0n) is 9.02. The first-order valence-electron chi connectivity index (χ1n) is 5.73. The topological polar surface area (TPSA) is 12.0 Å². The van der Waals surface area contributed by atoms with Crippen LogP contribution in [-0.2, 0) is 0 Å². The van der Waals surface area contributed by atoms with Gasteiger partial charge in [-0.05, 0) is 31.7 Å². The van der Waals surface area contributed by atoms with Gasteiger partial charge in [-0.2, -0.15) is 12.6 Å². The molecular formula is C11H25NS. The van der Waals surface area contributed by atoms with E-state index in [0.717, 1.165) is 12.3 Å². The van der Waals surface area contributed by atoms with Gasteiger partial charge < -0.3 is 5.32 Å². The quantitative estimate of drug-likeness (QED) is 0.410. The second-order valence-corrected chi connectivity index (χ2v) is 4.04. The summed E-state index contributed by atoms with van der Waals surface area (Å²) in [4.78, 5) is 0. The summed E-state index contributed by atoms with van der Waals surface area (Å²) in [6.07, 6.45) is 9.53. The maximum absolute atomic E-state index is 4.16. The van der Waals surface area contributed by atoms with Gasteiger partial charge in [-0.15, -0.1) is 0 Å². The molecule has 0 aromatic rings. The van der Waals surface area contributed by atoms with Crippen LogP contribution >= 0.6 is 12.6 Å². The van der Waals surface area contributed by atoms with Gasteiger partial charge in [0, 0.05) is 0 Å². The zero-order valence-corrected chi connectivity index (χ0v) is 9.91. The normalized spacial score (nSPS) is 10.6. The molecule has 0 aliphatic rings. The van der Waals surface area contributed by atoms with Gasteiger partial charge in [-0.3, -0.25) is 0 Å². The molecule has 0 aromatic carbocycles. The molecule has 0 heterocycles. The minimum Gasteiger partial charge on any atom is -0.317 e. The van der Waals surface area contributed by atoms with Crippen molar-refractivity contribution in [2.45, 2.75) is 51.9 Å². The van der Waals surface area contributed by atoms with E-state index in [1.165, 1.54) is 51.5 Å². The van der Waals surface area contributed by atoms with Crippen molar-refractivity contribution in [1.82, 2.24) is 5.32 Å². The van der Waals surface area contributed by atoms with Crippen molar-refractivity contribution in [2.75, 3.05) is 18.8 Å². The lowest BCUT2D eigenvalue weighted by atomic mass is 10.1. The standard InChI is InChI=1S/C11H25NS/c1-2-3-4-5-6-7-9-12-10-8-11-13/h12-13H,2-11H2,1H3. The van der Waals surface area contributed by atoms with Gasteiger partial charge in [0.1, 0.15) is 0 Å². The van der Waals surface area contributed by atoms with Crippen molar-refractivity contribution >= 4 is 12.6 Å². The number of hydrogen-bond donors (Lipinski definition) is 2. The van der Waals surface area contributed by atoms with Crippen LogP contribution in [0.25, 0.3) is 0 Å². The molecule has 0 aromatic heterocycles. The fraction of sp³-hybridized carbons (Fsp3) is 1.00. The summed E-state index contributed by atoms with van der Waals surface area (Å²) in [6, 6.07) is 0. The van der Waals surface area contributed by atoms with Crippen LogP contribution in [0.4, 0.5) is 0 Å². The number of thiol groups is 1. The van der Waals surface area contributed by atoms with Crippen LogP contribution in [0.1, 0.15) is 51.9 Å². The summed E-state index contributed by atoms with van der Waals surface area (Å²) in [6.45, 7) is 4.59. The van der Waals surface area contributed by atoms with E-state index in [9.17, 15) is 0 Å². The van der Waals surface area contributed by atoms with Crippen molar-refractivity contribution < 1.29 is 0 Å². The van der Waals surface area contributed by atoms with Gasteiger partial charge in [-0.25, -0.2) is 0 Å². The van der Waals surface area contributed by atoms with Gasteiger partial charge in [0.05, 0.1) is 0 Å². The Bertz CT molecular complexity index is 76.2. The highest BCUT2D eigenvalue weighted by molar-refractivity contribution is 7.80. The van der Waals surface area contributed by atoms with E-state index in [1.54, 1.807) is 0 Å². The Hall–Kier alpha value is 0.310. The van der Waals surface area contributed by atoms with Crippen LogP contribution < -0.4 is 5.32 Å². The van der Waals surface area contributed by atoms with E-state index < -0.39 is 0 Å². The van der Waals surface area contributed by atoms with E-state index >= 15 is 0 Å². The molecule has 0 bridgehead atoms. The third-order valence-corrected chi connectivity index (χ3v) is 2.54. The second-order valence-electron chi connectivity index (χ2n) is 3.59. The van der Waals surface area contributed by atoms with Crippen LogP contribution in [-0.4, -0.2) is 18.8 Å². The fourth-order valence-electron chi connectivity index (χ4n) is 1.36. The van der Waals surface area contributed by atoms with Crippen LogP contribution in [0, 0.1) is 0 Å². The number of hydrogen-bond acceptors (Lipinski definition) is 2. The zero-order chi connectivity index (χ0) is 9.78. The average Bonchev–Trinajstić information content (AvgIpc) is 2.16. The molecule has 0 unspecified atom stereocenters. The molecule has 80 valence electrons. The molecule has 1 nitrogen and oxygen atoms in total. The van der Waals surface area contributed by atoms with E-state index in [2.05, 4.69) is 24.9 Å². The molecule has 0 aliphatic carbocycles. The van der Waals surface area contributed by atoms with Crippen LogP contribution in [0.3, 0.4) is 0 Å². The van der Waals surface area contributed by atoms with E-state index in [1.807, 2.05) is 0 Å². The number of nitrogens with one attached hydrogen (secondary N) is 1. The third-order valence-electron chi connectivity index (χ3n) is 2.22. The Labute approximate surface area is 89.1 Å². The molecule has 0 amide bonds. The van der Waals surface area contributed by atoms with Crippen molar-refractivity contribution in [3.63, 3.8) is 0 Å². The SMILES string of the molecule is CCCCCCCCNCCCS. The summed E-state index contributed by atoms with van der Waals surface area (Å²) in [5, 5.41) is 3.43. The van der Waals surface area contributed by atoms with Gasteiger partial charge >= 0.3 is 0 Å². The predicted molar refractivity (Wildman–Crippen MR) is 64.7 cm³/mol. The molecule has 0 rings (SSSR count). The number of unbranched alkanes of at least 4 members (excludes halogenated alkanes) is 5. The average molecular weight is 203 g/mol. The first-order valence-corrected chi connectivity index (χ1v) is 6.36. The van der Waals surface area contributed by atoms with E-state index in [0.29, 0.717) is 0 Å². The van der Waals surface area contributed by atoms with Crippen molar-refractivity contribution in [3.05, 3.63) is 0 Å². The lowest BCUT2D eigenvalue weighted by Gasteiger charge is -2.03. The lowest BCUT2D eigenvalue weighted by Crippen LogP contribution is -2.16. The van der Waals surface area contributed by atoms with E-state index in [4.69, 9.17) is 0 Å². The minimum atomic E-state index is 1.00. The Kier molecular flexibility index (Phi) is 12.6. The molecular weight excluding hydrogens is 178 g/mol. The molecule has 0 saturated carbocycles. The smallest absolute Gasteiger partial charge is 0.00411 e. The van der Waals surface area contributed by atoms with Crippen LogP contribution in [0.15, 0.2) is 0 Å². The third kappa shape index (κ3) is 12.3.